The molecule has 1 heterocycles. The fourth-order valence-corrected chi connectivity index (χ4v) is 4.16. The number of nitrogens with zero attached hydrogens (tertiary/aromatic N) is 2. The minimum absolute atomic E-state index is 0.00302. The fourth-order valence-electron chi connectivity index (χ4n) is 4.16. The van der Waals surface area contributed by atoms with Gasteiger partial charge in [0.1, 0.15) is 11.4 Å². The summed E-state index contributed by atoms with van der Waals surface area (Å²) in [6.45, 7) is -0.00302. The minimum atomic E-state index is -0.167. The highest BCUT2D eigenvalue weighted by atomic mass is 16.3. The first-order valence-corrected chi connectivity index (χ1v) is 10.9. The number of fused-ring (bicyclic) bond motifs is 3. The van der Waals surface area contributed by atoms with Crippen LogP contribution in [0.3, 0.4) is 0 Å². The SMILES string of the molecule is O=C(Cc1ccccc1)Nc1nc2c(nc1-c1ccc(O)cc1)-c1ccc(CO)cc1CC2. The standard InChI is InChI=1S/C27H23N3O3/c31-16-18-6-12-22-20(14-18)9-13-23-26(22)30-25(19-7-10-21(32)11-8-19)27(28-23)29-24(33)15-17-4-2-1-3-5-17/h1-8,10-12,14,31-32H,9,13,15-16H2,(H,28,29,33). The van der Waals surface area contributed by atoms with Crippen molar-refractivity contribution in [3.63, 3.8) is 0 Å². The summed E-state index contributed by atoms with van der Waals surface area (Å²) in [7, 11) is 0. The van der Waals surface area contributed by atoms with Gasteiger partial charge >= 0.3 is 0 Å². The number of amides is 1. The van der Waals surface area contributed by atoms with E-state index in [0.29, 0.717) is 17.9 Å². The molecule has 5 rings (SSSR count). The summed E-state index contributed by atoms with van der Waals surface area (Å²) in [4.78, 5) is 22.6. The quantitative estimate of drug-likeness (QED) is 0.433. The monoisotopic (exact) mass is 437 g/mol. The van der Waals surface area contributed by atoms with Gasteiger partial charge in [-0.1, -0.05) is 48.5 Å². The molecule has 0 saturated heterocycles. The lowest BCUT2D eigenvalue weighted by Crippen LogP contribution is -2.19. The highest BCUT2D eigenvalue weighted by Gasteiger charge is 2.23. The number of phenolic OH excluding ortho intramolecular Hbond substituents is 1. The molecule has 3 aromatic carbocycles. The summed E-state index contributed by atoms with van der Waals surface area (Å²) in [5.41, 5.74) is 6.81. The molecular weight excluding hydrogens is 414 g/mol. The Kier molecular flexibility index (Phi) is 5.59. The van der Waals surface area contributed by atoms with Crippen LogP contribution < -0.4 is 5.32 Å². The number of aliphatic hydroxyl groups is 1. The summed E-state index contributed by atoms with van der Waals surface area (Å²) in [5.74, 6) is 0.399. The third-order valence-electron chi connectivity index (χ3n) is 5.81. The molecule has 6 nitrogen and oxygen atoms in total. The predicted molar refractivity (Wildman–Crippen MR) is 127 cm³/mol. The van der Waals surface area contributed by atoms with Gasteiger partial charge in [-0.3, -0.25) is 4.79 Å². The van der Waals surface area contributed by atoms with Gasteiger partial charge in [0.25, 0.3) is 0 Å². The van der Waals surface area contributed by atoms with Crippen LogP contribution in [0.5, 0.6) is 5.75 Å². The number of phenols is 1. The Labute approximate surface area is 191 Å². The Morgan fingerprint density at radius 3 is 2.42 bits per heavy atom. The number of carbonyl (C=O) groups excluding carboxylic acids is 1. The second-order valence-corrected chi connectivity index (χ2v) is 8.12. The lowest BCUT2D eigenvalue weighted by molar-refractivity contribution is -0.115. The molecular formula is C27H23N3O3. The minimum Gasteiger partial charge on any atom is -0.508 e. The Morgan fingerprint density at radius 1 is 0.879 bits per heavy atom. The number of carbonyl (C=O) groups is 1. The van der Waals surface area contributed by atoms with E-state index in [1.165, 1.54) is 0 Å². The molecule has 0 saturated carbocycles. The van der Waals surface area contributed by atoms with Crippen molar-refractivity contribution < 1.29 is 15.0 Å². The number of aryl methyl sites for hydroxylation is 2. The van der Waals surface area contributed by atoms with Crippen LogP contribution in [0.15, 0.2) is 72.8 Å². The Morgan fingerprint density at radius 2 is 1.67 bits per heavy atom. The van der Waals surface area contributed by atoms with Crippen molar-refractivity contribution in [3.05, 3.63) is 95.2 Å². The maximum atomic E-state index is 12.8. The Balaban J connectivity index is 1.57. The molecule has 4 aromatic rings. The van der Waals surface area contributed by atoms with Crippen molar-refractivity contribution in [3.8, 4) is 28.3 Å². The molecule has 0 atom stereocenters. The number of rotatable bonds is 5. The number of benzene rings is 3. The number of aromatic nitrogens is 2. The van der Waals surface area contributed by atoms with Crippen LogP contribution in [-0.2, 0) is 30.7 Å². The average Bonchev–Trinajstić information content (AvgIpc) is 2.84. The molecule has 6 heteroatoms. The van der Waals surface area contributed by atoms with E-state index in [1.807, 2.05) is 48.5 Å². The third-order valence-corrected chi connectivity index (χ3v) is 5.81. The maximum Gasteiger partial charge on any atom is 0.230 e. The van der Waals surface area contributed by atoms with Crippen molar-refractivity contribution >= 4 is 11.7 Å². The van der Waals surface area contributed by atoms with Gasteiger partial charge in [0, 0.05) is 11.1 Å². The number of anilines is 1. The average molecular weight is 437 g/mol. The summed E-state index contributed by atoms with van der Waals surface area (Å²) in [6, 6.07) is 22.1. The first-order valence-electron chi connectivity index (χ1n) is 10.9. The molecule has 0 fully saturated rings. The van der Waals surface area contributed by atoms with E-state index in [-0.39, 0.29) is 24.7 Å². The molecule has 0 radical (unpaired) electrons. The zero-order chi connectivity index (χ0) is 22.8. The van der Waals surface area contributed by atoms with E-state index in [2.05, 4.69) is 5.32 Å². The Hall–Kier alpha value is -4.03. The molecule has 1 aromatic heterocycles. The lowest BCUT2D eigenvalue weighted by atomic mass is 9.90. The number of hydrogen-bond donors (Lipinski definition) is 3. The summed E-state index contributed by atoms with van der Waals surface area (Å²) in [5, 5.41) is 22.2. The van der Waals surface area contributed by atoms with Crippen LogP contribution >= 0.6 is 0 Å². The first kappa shape index (κ1) is 20.8. The second kappa shape index (κ2) is 8.84. The van der Waals surface area contributed by atoms with Gasteiger partial charge in [0.05, 0.1) is 24.4 Å². The van der Waals surface area contributed by atoms with E-state index in [0.717, 1.165) is 45.6 Å². The van der Waals surface area contributed by atoms with E-state index < -0.39 is 0 Å². The van der Waals surface area contributed by atoms with Crippen LogP contribution in [0.4, 0.5) is 5.82 Å². The number of aliphatic hydroxyl groups excluding tert-OH is 1. The molecule has 0 aliphatic heterocycles. The molecule has 33 heavy (non-hydrogen) atoms. The van der Waals surface area contributed by atoms with E-state index in [4.69, 9.17) is 9.97 Å². The van der Waals surface area contributed by atoms with Crippen LogP contribution in [0.25, 0.3) is 22.5 Å². The van der Waals surface area contributed by atoms with E-state index in [9.17, 15) is 15.0 Å². The van der Waals surface area contributed by atoms with Crippen molar-refractivity contribution in [2.75, 3.05) is 5.32 Å². The molecule has 3 N–H and O–H groups in total. The molecule has 1 aliphatic carbocycles. The van der Waals surface area contributed by atoms with Crippen LogP contribution in [-0.4, -0.2) is 26.1 Å². The lowest BCUT2D eigenvalue weighted by Gasteiger charge is -2.21. The van der Waals surface area contributed by atoms with Gasteiger partial charge in [-0.05, 0) is 53.8 Å². The summed E-state index contributed by atoms with van der Waals surface area (Å²) >= 11 is 0. The molecule has 0 bridgehead atoms. The predicted octanol–water partition coefficient (Wildman–Crippen LogP) is 4.29. The summed E-state index contributed by atoms with van der Waals surface area (Å²) in [6.07, 6.45) is 1.73. The third kappa shape index (κ3) is 4.33. The molecule has 0 unspecified atom stereocenters. The number of nitrogens with one attached hydrogen (secondary N) is 1. The van der Waals surface area contributed by atoms with Gasteiger partial charge in [-0.25, -0.2) is 9.97 Å². The van der Waals surface area contributed by atoms with E-state index in [1.54, 1.807) is 24.3 Å². The van der Waals surface area contributed by atoms with E-state index >= 15 is 0 Å². The molecule has 1 amide bonds. The number of aromatic hydroxyl groups is 1. The normalized spacial score (nSPS) is 12.0. The highest BCUT2D eigenvalue weighted by molar-refractivity contribution is 5.95. The van der Waals surface area contributed by atoms with Crippen molar-refractivity contribution in [2.45, 2.75) is 25.9 Å². The van der Waals surface area contributed by atoms with Crippen molar-refractivity contribution in [2.24, 2.45) is 0 Å². The van der Waals surface area contributed by atoms with Crippen molar-refractivity contribution in [1.82, 2.24) is 9.97 Å². The second-order valence-electron chi connectivity index (χ2n) is 8.12. The van der Waals surface area contributed by atoms with Gasteiger partial charge in [0.15, 0.2) is 5.82 Å². The zero-order valence-electron chi connectivity index (χ0n) is 18.0. The van der Waals surface area contributed by atoms with Crippen LogP contribution in [0, 0.1) is 0 Å². The topological polar surface area (TPSA) is 95.3 Å². The molecule has 1 aliphatic rings. The van der Waals surface area contributed by atoms with Gasteiger partial charge in [0.2, 0.25) is 5.91 Å². The summed E-state index contributed by atoms with van der Waals surface area (Å²) < 4.78 is 0. The molecule has 164 valence electrons. The van der Waals surface area contributed by atoms with Gasteiger partial charge in [-0.15, -0.1) is 0 Å². The van der Waals surface area contributed by atoms with Crippen molar-refractivity contribution in [1.29, 1.82) is 0 Å². The Bertz CT molecular complexity index is 1320. The number of hydrogen-bond acceptors (Lipinski definition) is 5. The fraction of sp³-hybridized carbons (Fsp3) is 0.148. The van der Waals surface area contributed by atoms with Gasteiger partial charge in [-0.2, -0.15) is 0 Å². The zero-order valence-corrected chi connectivity index (χ0v) is 18.0. The maximum absolute atomic E-state index is 12.8. The van der Waals surface area contributed by atoms with Gasteiger partial charge < -0.3 is 15.5 Å². The highest BCUT2D eigenvalue weighted by Crippen LogP contribution is 2.36. The largest absolute Gasteiger partial charge is 0.508 e. The van der Waals surface area contributed by atoms with Crippen LogP contribution in [0.1, 0.15) is 22.4 Å². The smallest absolute Gasteiger partial charge is 0.230 e. The molecule has 0 spiro atoms. The first-order chi connectivity index (χ1) is 16.1. The van der Waals surface area contributed by atoms with Crippen LogP contribution in [0.2, 0.25) is 0 Å².